The van der Waals surface area contributed by atoms with Crippen LogP contribution in [0, 0.1) is 0 Å². The van der Waals surface area contributed by atoms with Crippen LogP contribution < -0.4 is 14.8 Å². The molecular formula is C21H16F4N4O2. The maximum absolute atomic E-state index is 13.2. The van der Waals surface area contributed by atoms with Crippen LogP contribution in [0.25, 0.3) is 16.9 Å². The van der Waals surface area contributed by atoms with E-state index in [0.29, 0.717) is 17.2 Å². The van der Waals surface area contributed by atoms with Gasteiger partial charge in [-0.3, -0.25) is 4.40 Å². The number of aromatic nitrogens is 3. The molecule has 4 aromatic rings. The van der Waals surface area contributed by atoms with Crippen LogP contribution in [0.4, 0.5) is 29.1 Å². The van der Waals surface area contributed by atoms with E-state index in [1.54, 1.807) is 31.8 Å². The summed E-state index contributed by atoms with van der Waals surface area (Å²) in [5.74, 6) is 0.658. The second kappa shape index (κ2) is 8.13. The number of halogens is 4. The fraction of sp³-hybridized carbons (Fsp3) is 0.143. The molecule has 0 fully saturated rings. The summed E-state index contributed by atoms with van der Waals surface area (Å²) in [5.41, 5.74) is 2.50. The van der Waals surface area contributed by atoms with Crippen molar-refractivity contribution in [2.24, 2.45) is 0 Å². The number of benzene rings is 2. The first kappa shape index (κ1) is 20.5. The average molecular weight is 432 g/mol. The summed E-state index contributed by atoms with van der Waals surface area (Å²) in [6, 6.07) is 12.7. The molecule has 10 heteroatoms. The quantitative estimate of drug-likeness (QED) is 0.397. The molecule has 1 N–H and O–H groups in total. The lowest BCUT2D eigenvalue weighted by Crippen LogP contribution is -2.33. The third-order valence-electron chi connectivity index (χ3n) is 4.42. The van der Waals surface area contributed by atoms with Crippen LogP contribution in [0.1, 0.15) is 0 Å². The van der Waals surface area contributed by atoms with Gasteiger partial charge in [0.2, 0.25) is 0 Å². The van der Waals surface area contributed by atoms with Crippen molar-refractivity contribution in [1.29, 1.82) is 0 Å². The first-order chi connectivity index (χ1) is 14.9. The number of rotatable bonds is 7. The summed E-state index contributed by atoms with van der Waals surface area (Å²) in [6.07, 6.45) is -3.58. The molecule has 2 aromatic carbocycles. The van der Waals surface area contributed by atoms with Crippen LogP contribution in [-0.2, 0) is 0 Å². The largest absolute Gasteiger partial charge is 0.497 e. The summed E-state index contributed by atoms with van der Waals surface area (Å²) in [5, 5.41) is 2.96. The molecule has 0 aliphatic heterocycles. The highest BCUT2D eigenvalue weighted by Crippen LogP contribution is 2.31. The number of hydrogen-bond donors (Lipinski definition) is 1. The number of fused-ring (bicyclic) bond motifs is 1. The second-order valence-corrected chi connectivity index (χ2v) is 6.46. The predicted octanol–water partition coefficient (Wildman–Crippen LogP) is 5.39. The van der Waals surface area contributed by atoms with E-state index in [-0.39, 0.29) is 0 Å². The van der Waals surface area contributed by atoms with Crippen molar-refractivity contribution in [2.75, 3.05) is 12.4 Å². The van der Waals surface area contributed by atoms with Crippen LogP contribution in [0.2, 0.25) is 0 Å². The molecule has 0 atom stereocenters. The number of anilines is 2. The predicted molar refractivity (Wildman–Crippen MR) is 106 cm³/mol. The second-order valence-electron chi connectivity index (χ2n) is 6.46. The molecule has 0 amide bonds. The van der Waals surface area contributed by atoms with E-state index < -0.39 is 18.3 Å². The zero-order valence-electron chi connectivity index (χ0n) is 16.1. The van der Waals surface area contributed by atoms with E-state index in [0.717, 1.165) is 23.1 Å². The van der Waals surface area contributed by atoms with Crippen molar-refractivity contribution >= 4 is 17.2 Å². The van der Waals surface area contributed by atoms with Gasteiger partial charge in [-0.15, -0.1) is 0 Å². The van der Waals surface area contributed by atoms with Crippen molar-refractivity contribution in [3.8, 4) is 22.8 Å². The molecule has 4 rings (SSSR count). The Morgan fingerprint density at radius 2 is 1.81 bits per heavy atom. The third-order valence-corrected chi connectivity index (χ3v) is 4.42. The first-order valence-electron chi connectivity index (χ1n) is 9.06. The molecule has 0 aliphatic carbocycles. The SMILES string of the molecule is COc1ccc(-c2cnc3c(Nc4cccc(OC(F)(F)C(F)F)c4)nccn23)cc1. The highest BCUT2D eigenvalue weighted by Gasteiger charge is 2.44. The maximum atomic E-state index is 13.2. The number of hydrogen-bond acceptors (Lipinski definition) is 5. The Kier molecular flexibility index (Phi) is 5.37. The molecule has 0 saturated heterocycles. The fourth-order valence-electron chi connectivity index (χ4n) is 2.96. The van der Waals surface area contributed by atoms with E-state index in [4.69, 9.17) is 4.74 Å². The van der Waals surface area contributed by atoms with E-state index >= 15 is 0 Å². The molecule has 2 aromatic heterocycles. The van der Waals surface area contributed by atoms with E-state index in [1.165, 1.54) is 12.1 Å². The van der Waals surface area contributed by atoms with Crippen molar-refractivity contribution in [1.82, 2.24) is 14.4 Å². The Hall–Kier alpha value is -3.82. The van der Waals surface area contributed by atoms with Gasteiger partial charge in [0.15, 0.2) is 11.5 Å². The molecular weight excluding hydrogens is 416 g/mol. The molecule has 0 unspecified atom stereocenters. The van der Waals surface area contributed by atoms with Crippen molar-refractivity contribution < 1.29 is 27.0 Å². The highest BCUT2D eigenvalue weighted by atomic mass is 19.3. The Balaban J connectivity index is 1.62. The van der Waals surface area contributed by atoms with Crippen LogP contribution >= 0.6 is 0 Å². The van der Waals surface area contributed by atoms with Gasteiger partial charge < -0.3 is 14.8 Å². The van der Waals surface area contributed by atoms with Crippen LogP contribution in [0.15, 0.2) is 67.1 Å². The van der Waals surface area contributed by atoms with Gasteiger partial charge in [0.25, 0.3) is 0 Å². The van der Waals surface area contributed by atoms with E-state index in [2.05, 4.69) is 20.0 Å². The number of nitrogens with one attached hydrogen (secondary N) is 1. The lowest BCUT2D eigenvalue weighted by atomic mass is 10.1. The normalized spacial score (nSPS) is 11.7. The third kappa shape index (κ3) is 4.23. The number of imidazole rings is 1. The Bertz CT molecular complexity index is 1200. The summed E-state index contributed by atoms with van der Waals surface area (Å²) in [6.45, 7) is 0. The van der Waals surface area contributed by atoms with Gasteiger partial charge in [0.1, 0.15) is 11.5 Å². The molecule has 0 radical (unpaired) electrons. The molecule has 6 nitrogen and oxygen atoms in total. The number of methoxy groups -OCH3 is 1. The number of alkyl halides is 4. The molecule has 31 heavy (non-hydrogen) atoms. The van der Waals surface area contributed by atoms with Crippen molar-refractivity contribution in [3.63, 3.8) is 0 Å². The minimum absolute atomic E-state index is 0.317. The lowest BCUT2D eigenvalue weighted by molar-refractivity contribution is -0.253. The van der Waals surface area contributed by atoms with Crippen molar-refractivity contribution in [2.45, 2.75) is 12.5 Å². The molecule has 0 bridgehead atoms. The summed E-state index contributed by atoms with van der Waals surface area (Å²) in [7, 11) is 1.58. The maximum Gasteiger partial charge on any atom is 0.461 e. The molecule has 0 aliphatic rings. The number of ether oxygens (including phenoxy) is 2. The van der Waals surface area contributed by atoms with Gasteiger partial charge >= 0.3 is 12.5 Å². The standard InChI is InChI=1S/C21H16F4N4O2/c1-30-15-7-5-13(6-8-15)17-12-27-19-18(26-9-10-29(17)19)28-14-3-2-4-16(11-14)31-21(24,25)20(22)23/h2-12,20H,1H3,(H,26,28). The highest BCUT2D eigenvalue weighted by molar-refractivity contribution is 5.74. The topological polar surface area (TPSA) is 60.7 Å². The van der Waals surface area contributed by atoms with Gasteiger partial charge in [-0.2, -0.15) is 17.6 Å². The molecule has 2 heterocycles. The van der Waals surface area contributed by atoms with Crippen LogP contribution in [0.5, 0.6) is 11.5 Å². The zero-order valence-corrected chi connectivity index (χ0v) is 16.1. The smallest absolute Gasteiger partial charge is 0.461 e. The molecule has 0 saturated carbocycles. The monoisotopic (exact) mass is 432 g/mol. The van der Waals surface area contributed by atoms with Crippen LogP contribution in [-0.4, -0.2) is 34.0 Å². The fourth-order valence-corrected chi connectivity index (χ4v) is 2.96. The summed E-state index contributed by atoms with van der Waals surface area (Å²) < 4.78 is 62.3. The van der Waals surface area contributed by atoms with Gasteiger partial charge in [-0.1, -0.05) is 6.07 Å². The van der Waals surface area contributed by atoms with E-state index in [9.17, 15) is 17.6 Å². The van der Waals surface area contributed by atoms with E-state index in [1.807, 2.05) is 28.7 Å². The van der Waals surface area contributed by atoms with Gasteiger partial charge in [-0.05, 0) is 36.4 Å². The summed E-state index contributed by atoms with van der Waals surface area (Å²) >= 11 is 0. The van der Waals surface area contributed by atoms with Gasteiger partial charge in [0, 0.05) is 29.7 Å². The average Bonchev–Trinajstić information content (AvgIpc) is 3.19. The molecule has 0 spiro atoms. The summed E-state index contributed by atoms with van der Waals surface area (Å²) in [4.78, 5) is 8.64. The molecule has 160 valence electrons. The number of nitrogens with zero attached hydrogens (tertiary/aromatic N) is 3. The lowest BCUT2D eigenvalue weighted by Gasteiger charge is -2.17. The minimum Gasteiger partial charge on any atom is -0.497 e. The van der Waals surface area contributed by atoms with Gasteiger partial charge in [0.05, 0.1) is 19.0 Å². The van der Waals surface area contributed by atoms with Gasteiger partial charge in [-0.25, -0.2) is 9.97 Å². The first-order valence-corrected chi connectivity index (χ1v) is 9.06. The minimum atomic E-state index is -4.59. The Morgan fingerprint density at radius 1 is 1.03 bits per heavy atom. The Labute approximate surface area is 174 Å². The van der Waals surface area contributed by atoms with Crippen molar-refractivity contribution in [3.05, 3.63) is 67.1 Å². The zero-order chi connectivity index (χ0) is 22.0. The van der Waals surface area contributed by atoms with Crippen LogP contribution in [0.3, 0.4) is 0 Å². The Morgan fingerprint density at radius 3 is 2.52 bits per heavy atom.